The van der Waals surface area contributed by atoms with E-state index in [0.29, 0.717) is 12.6 Å². The van der Waals surface area contributed by atoms with Crippen molar-refractivity contribution in [3.05, 3.63) is 24.0 Å². The number of nitrogens with zero attached hydrogens (tertiary/aromatic N) is 3. The van der Waals surface area contributed by atoms with Gasteiger partial charge in [0.15, 0.2) is 0 Å². The molecule has 0 spiro atoms. The van der Waals surface area contributed by atoms with E-state index in [4.69, 9.17) is 0 Å². The van der Waals surface area contributed by atoms with E-state index < -0.39 is 0 Å². The smallest absolute Gasteiger partial charge is 0.317 e. The third kappa shape index (κ3) is 3.10. The number of nitrogens with one attached hydrogen (secondary N) is 1. The van der Waals surface area contributed by atoms with Gasteiger partial charge in [0.05, 0.1) is 12.2 Å². The average Bonchev–Trinajstić information content (AvgIpc) is 2.49. The van der Waals surface area contributed by atoms with Gasteiger partial charge in [-0.05, 0) is 39.0 Å². The summed E-state index contributed by atoms with van der Waals surface area (Å²) in [6, 6.07) is 2.25. The van der Waals surface area contributed by atoms with Crippen LogP contribution >= 0.6 is 0 Å². The Bertz CT molecular complexity index is 455. The molecule has 5 nitrogen and oxygen atoms in total. The van der Waals surface area contributed by atoms with Crippen LogP contribution in [0.3, 0.4) is 0 Å². The number of fused-ring (bicyclic) bond motifs is 1. The molecule has 3 rings (SSSR count). The van der Waals surface area contributed by atoms with Crippen LogP contribution in [0.4, 0.5) is 10.5 Å². The summed E-state index contributed by atoms with van der Waals surface area (Å²) in [5.41, 5.74) is 2.01. The molecule has 0 unspecified atom stereocenters. The number of amides is 2. The first-order valence-corrected chi connectivity index (χ1v) is 7.43. The third-order valence-corrected chi connectivity index (χ3v) is 3.88. The summed E-state index contributed by atoms with van der Waals surface area (Å²) in [6.45, 7) is 6.81. The molecular formula is C15H24N4O. The number of pyridine rings is 1. The summed E-state index contributed by atoms with van der Waals surface area (Å²) in [6.07, 6.45) is 5.67. The van der Waals surface area contributed by atoms with Crippen molar-refractivity contribution in [3.8, 4) is 0 Å². The molecule has 1 fully saturated rings. The molecule has 1 N–H and O–H groups in total. The summed E-state index contributed by atoms with van der Waals surface area (Å²) >= 11 is 0. The largest absolute Gasteiger partial charge is 0.322 e. The molecule has 110 valence electrons. The van der Waals surface area contributed by atoms with Crippen LogP contribution in [0.1, 0.15) is 32.3 Å². The molecule has 0 aromatic carbocycles. The molecule has 0 atom stereocenters. The predicted octanol–water partition coefficient (Wildman–Crippen LogP) is 2.55. The van der Waals surface area contributed by atoms with Gasteiger partial charge in [-0.3, -0.25) is 4.98 Å². The zero-order valence-corrected chi connectivity index (χ0v) is 12.6. The predicted molar refractivity (Wildman–Crippen MR) is 80.7 cm³/mol. The highest BCUT2D eigenvalue weighted by atomic mass is 16.2. The highest BCUT2D eigenvalue weighted by Gasteiger charge is 2.30. The van der Waals surface area contributed by atoms with Gasteiger partial charge in [-0.15, -0.1) is 0 Å². The number of anilines is 1. The number of hydrogen-bond donors (Lipinski definition) is 1. The van der Waals surface area contributed by atoms with Gasteiger partial charge in [-0.2, -0.15) is 0 Å². The van der Waals surface area contributed by atoms with Gasteiger partial charge in [0.1, 0.15) is 0 Å². The molecule has 20 heavy (non-hydrogen) atoms. The maximum Gasteiger partial charge on any atom is 0.322 e. The van der Waals surface area contributed by atoms with Crippen LogP contribution < -0.4 is 5.32 Å². The molecular weight excluding hydrogens is 252 g/mol. The average molecular weight is 276 g/mol. The highest BCUT2D eigenvalue weighted by molar-refractivity contribution is 5.92. The molecule has 1 aromatic rings. The van der Waals surface area contributed by atoms with Crippen LogP contribution in [0.5, 0.6) is 0 Å². The number of piperidine rings is 1. The number of carbonyl (C=O) groups excluding carboxylic acids is 1. The molecule has 0 bridgehead atoms. The molecule has 3 heterocycles. The van der Waals surface area contributed by atoms with Crippen LogP contribution in [0.15, 0.2) is 18.5 Å². The van der Waals surface area contributed by atoms with Crippen molar-refractivity contribution in [2.45, 2.75) is 39.3 Å². The Kier molecular flexibility index (Phi) is 4.95. The topological polar surface area (TPSA) is 48.5 Å². The van der Waals surface area contributed by atoms with Gasteiger partial charge in [-0.1, -0.05) is 13.8 Å². The lowest BCUT2D eigenvalue weighted by Crippen LogP contribution is -2.49. The lowest BCUT2D eigenvalue weighted by Gasteiger charge is -2.39. The van der Waals surface area contributed by atoms with Crippen molar-refractivity contribution < 1.29 is 4.79 Å². The lowest BCUT2D eigenvalue weighted by molar-refractivity contribution is 0.133. The van der Waals surface area contributed by atoms with Crippen molar-refractivity contribution in [3.63, 3.8) is 0 Å². The Hall–Kier alpha value is -1.62. The van der Waals surface area contributed by atoms with Gasteiger partial charge in [0.25, 0.3) is 0 Å². The molecule has 5 heteroatoms. The normalized spacial score (nSPS) is 19.8. The van der Waals surface area contributed by atoms with Crippen LogP contribution in [0.25, 0.3) is 0 Å². The Morgan fingerprint density at radius 1 is 1.30 bits per heavy atom. The van der Waals surface area contributed by atoms with Crippen molar-refractivity contribution >= 4 is 11.7 Å². The van der Waals surface area contributed by atoms with Crippen LogP contribution in [-0.2, 0) is 6.54 Å². The number of hydrogen-bond acceptors (Lipinski definition) is 3. The number of rotatable bonds is 1. The van der Waals surface area contributed by atoms with Gasteiger partial charge in [0, 0.05) is 24.0 Å². The molecule has 2 aliphatic rings. The second-order valence-electron chi connectivity index (χ2n) is 5.13. The summed E-state index contributed by atoms with van der Waals surface area (Å²) < 4.78 is 0. The Balaban J connectivity index is 0.000000704. The SMILES string of the molecule is CC.CN1CCC(N2Cc3cnccc3NC2=O)CC1. The van der Waals surface area contributed by atoms with E-state index in [1.807, 2.05) is 31.0 Å². The van der Waals surface area contributed by atoms with Crippen LogP contribution in [-0.4, -0.2) is 47.0 Å². The van der Waals surface area contributed by atoms with E-state index in [1.54, 1.807) is 6.20 Å². The summed E-state index contributed by atoms with van der Waals surface area (Å²) in [5, 5.41) is 2.95. The standard InChI is InChI=1S/C13H18N4O.C2H6/c1-16-6-3-11(4-7-16)17-9-10-8-14-5-2-12(10)15-13(17)18;1-2/h2,5,8,11H,3-4,6-7,9H2,1H3,(H,15,18);1-2H3. The van der Waals surface area contributed by atoms with E-state index in [-0.39, 0.29) is 6.03 Å². The van der Waals surface area contributed by atoms with E-state index >= 15 is 0 Å². The molecule has 2 aliphatic heterocycles. The minimum absolute atomic E-state index is 0.0308. The number of aromatic nitrogens is 1. The summed E-state index contributed by atoms with van der Waals surface area (Å²) in [7, 11) is 2.13. The molecule has 1 aromatic heterocycles. The summed E-state index contributed by atoms with van der Waals surface area (Å²) in [4.78, 5) is 20.5. The van der Waals surface area contributed by atoms with Gasteiger partial charge in [0.2, 0.25) is 0 Å². The maximum absolute atomic E-state index is 12.1. The van der Waals surface area contributed by atoms with Crippen molar-refractivity contribution in [1.29, 1.82) is 0 Å². The number of urea groups is 1. The maximum atomic E-state index is 12.1. The second kappa shape index (κ2) is 6.70. The second-order valence-corrected chi connectivity index (χ2v) is 5.13. The minimum atomic E-state index is 0.0308. The molecule has 0 saturated carbocycles. The first kappa shape index (κ1) is 14.8. The number of carbonyl (C=O) groups is 1. The van der Waals surface area contributed by atoms with Gasteiger partial charge in [-0.25, -0.2) is 4.79 Å². The fourth-order valence-corrected chi connectivity index (χ4v) is 2.72. The lowest BCUT2D eigenvalue weighted by atomic mass is 10.0. The first-order chi connectivity index (χ1) is 9.74. The Morgan fingerprint density at radius 3 is 2.70 bits per heavy atom. The Labute approximate surface area is 121 Å². The van der Waals surface area contributed by atoms with Crippen LogP contribution in [0, 0.1) is 0 Å². The van der Waals surface area contributed by atoms with Gasteiger partial charge >= 0.3 is 6.03 Å². The molecule has 1 saturated heterocycles. The third-order valence-electron chi connectivity index (χ3n) is 3.88. The zero-order valence-electron chi connectivity index (χ0n) is 12.6. The molecule has 0 aliphatic carbocycles. The van der Waals surface area contributed by atoms with E-state index in [9.17, 15) is 4.79 Å². The minimum Gasteiger partial charge on any atom is -0.317 e. The van der Waals surface area contributed by atoms with E-state index in [2.05, 4.69) is 22.2 Å². The molecule has 0 radical (unpaired) electrons. The van der Waals surface area contributed by atoms with Crippen molar-refractivity contribution in [2.75, 3.05) is 25.5 Å². The fourth-order valence-electron chi connectivity index (χ4n) is 2.72. The van der Waals surface area contributed by atoms with E-state index in [0.717, 1.165) is 37.2 Å². The monoisotopic (exact) mass is 276 g/mol. The highest BCUT2D eigenvalue weighted by Crippen LogP contribution is 2.26. The van der Waals surface area contributed by atoms with Gasteiger partial charge < -0.3 is 15.1 Å². The van der Waals surface area contributed by atoms with E-state index in [1.165, 1.54) is 0 Å². The fraction of sp³-hybridized carbons (Fsp3) is 0.600. The first-order valence-electron chi connectivity index (χ1n) is 7.43. The summed E-state index contributed by atoms with van der Waals surface area (Å²) in [5.74, 6) is 0. The Morgan fingerprint density at radius 2 is 2.00 bits per heavy atom. The quantitative estimate of drug-likeness (QED) is 0.857. The van der Waals surface area contributed by atoms with Crippen molar-refractivity contribution in [1.82, 2.24) is 14.8 Å². The van der Waals surface area contributed by atoms with Crippen LogP contribution in [0.2, 0.25) is 0 Å². The number of likely N-dealkylation sites (tertiary alicyclic amines) is 1. The zero-order chi connectivity index (χ0) is 14.5. The van der Waals surface area contributed by atoms with Crippen molar-refractivity contribution in [2.24, 2.45) is 0 Å². The molecule has 2 amide bonds.